The van der Waals surface area contributed by atoms with Crippen LogP contribution in [0.2, 0.25) is 0 Å². The average molecular weight is 300 g/mol. The summed E-state index contributed by atoms with van der Waals surface area (Å²) in [6.45, 7) is 1.51. The van der Waals surface area contributed by atoms with Crippen molar-refractivity contribution in [3.05, 3.63) is 42.5 Å². The number of amides is 1. The van der Waals surface area contributed by atoms with Gasteiger partial charge in [-0.05, 0) is 31.9 Å². The number of nitrogens with zero attached hydrogens (tertiary/aromatic N) is 4. The first-order valence-corrected chi connectivity index (χ1v) is 7.10. The molecule has 22 heavy (non-hydrogen) atoms. The van der Waals surface area contributed by atoms with Crippen molar-refractivity contribution in [2.75, 3.05) is 0 Å². The Bertz CT molecular complexity index is 694. The zero-order chi connectivity index (χ0) is 15.7. The molecule has 1 unspecified atom stereocenters. The third-order valence-electron chi connectivity index (χ3n) is 3.65. The second kappa shape index (κ2) is 5.59. The summed E-state index contributed by atoms with van der Waals surface area (Å²) in [5, 5.41) is 13.3. The van der Waals surface area contributed by atoms with Gasteiger partial charge in [-0.1, -0.05) is 18.2 Å². The first kappa shape index (κ1) is 14.2. The van der Waals surface area contributed by atoms with Crippen molar-refractivity contribution in [3.63, 3.8) is 0 Å². The molecular formula is C15H16N4O3. The Balaban J connectivity index is 1.85. The van der Waals surface area contributed by atoms with Crippen LogP contribution in [0.4, 0.5) is 0 Å². The van der Waals surface area contributed by atoms with E-state index in [-0.39, 0.29) is 11.9 Å². The van der Waals surface area contributed by atoms with Crippen LogP contribution in [0, 0.1) is 0 Å². The molecule has 1 aromatic carbocycles. The maximum Gasteiger partial charge on any atom is 0.326 e. The molecule has 1 amide bonds. The number of rotatable bonds is 5. The van der Waals surface area contributed by atoms with E-state index in [0.29, 0.717) is 0 Å². The molecule has 0 spiro atoms. The minimum atomic E-state index is -1.03. The molecule has 1 fully saturated rings. The molecule has 7 heteroatoms. The van der Waals surface area contributed by atoms with Gasteiger partial charge in [-0.25, -0.2) is 14.5 Å². The number of para-hydroxylation sites is 1. The van der Waals surface area contributed by atoms with E-state index in [1.54, 1.807) is 0 Å². The summed E-state index contributed by atoms with van der Waals surface area (Å²) in [7, 11) is 0. The highest BCUT2D eigenvalue weighted by molar-refractivity contribution is 5.93. The van der Waals surface area contributed by atoms with E-state index in [9.17, 15) is 9.59 Å². The summed E-state index contributed by atoms with van der Waals surface area (Å²) >= 11 is 0. The lowest BCUT2D eigenvalue weighted by molar-refractivity contribution is -0.141. The van der Waals surface area contributed by atoms with E-state index in [4.69, 9.17) is 5.11 Å². The van der Waals surface area contributed by atoms with E-state index < -0.39 is 17.9 Å². The van der Waals surface area contributed by atoms with Gasteiger partial charge >= 0.3 is 5.97 Å². The summed E-state index contributed by atoms with van der Waals surface area (Å²) < 4.78 is 1.50. The van der Waals surface area contributed by atoms with Crippen LogP contribution in [0.15, 0.2) is 36.7 Å². The Morgan fingerprint density at radius 3 is 2.59 bits per heavy atom. The first-order chi connectivity index (χ1) is 10.6. The lowest BCUT2D eigenvalue weighted by atomic mass is 10.2. The molecule has 1 aliphatic rings. The molecular weight excluding hydrogens is 284 g/mol. The van der Waals surface area contributed by atoms with Crippen molar-refractivity contribution in [2.24, 2.45) is 0 Å². The number of carboxylic acids is 1. The van der Waals surface area contributed by atoms with Gasteiger partial charge in [-0.15, -0.1) is 5.10 Å². The highest BCUT2D eigenvalue weighted by Gasteiger charge is 2.40. The van der Waals surface area contributed by atoms with Crippen LogP contribution >= 0.6 is 0 Å². The summed E-state index contributed by atoms with van der Waals surface area (Å²) in [5.41, 5.74) is 0.790. The van der Waals surface area contributed by atoms with Crippen LogP contribution < -0.4 is 0 Å². The summed E-state index contributed by atoms with van der Waals surface area (Å²) in [6.07, 6.45) is 3.10. The standard InChI is InChI=1S/C15H16N4O3/c1-10(15(21)22)19(12-7-8-12)14(20)13-16-9-18(17-13)11-5-3-2-4-6-11/h2-6,9-10,12H,7-8H2,1H3,(H,21,22). The fourth-order valence-electron chi connectivity index (χ4n) is 2.31. The van der Waals surface area contributed by atoms with Gasteiger partial charge in [0.05, 0.1) is 5.69 Å². The molecule has 0 bridgehead atoms. The SMILES string of the molecule is CC(C(=O)O)N(C(=O)c1ncn(-c2ccccc2)n1)C1CC1. The van der Waals surface area contributed by atoms with Gasteiger partial charge in [0.2, 0.25) is 5.82 Å². The Morgan fingerprint density at radius 1 is 1.32 bits per heavy atom. The third-order valence-corrected chi connectivity index (χ3v) is 3.65. The van der Waals surface area contributed by atoms with Crippen LogP contribution in [-0.4, -0.2) is 48.7 Å². The quantitative estimate of drug-likeness (QED) is 0.900. The monoisotopic (exact) mass is 300 g/mol. The van der Waals surface area contributed by atoms with Gasteiger partial charge in [0.1, 0.15) is 12.4 Å². The van der Waals surface area contributed by atoms with Crippen LogP contribution in [-0.2, 0) is 4.79 Å². The molecule has 0 radical (unpaired) electrons. The number of aliphatic carboxylic acids is 1. The van der Waals surface area contributed by atoms with Gasteiger partial charge in [-0.3, -0.25) is 4.79 Å². The second-order valence-electron chi connectivity index (χ2n) is 5.31. The molecule has 1 atom stereocenters. The number of carboxylic acid groups (broad SMARTS) is 1. The maximum atomic E-state index is 12.5. The molecule has 3 rings (SSSR count). The number of hydrogen-bond donors (Lipinski definition) is 1. The maximum absolute atomic E-state index is 12.5. The Kier molecular flexibility index (Phi) is 3.62. The molecule has 1 aromatic heterocycles. The van der Waals surface area contributed by atoms with Crippen molar-refractivity contribution >= 4 is 11.9 Å². The van der Waals surface area contributed by atoms with Gasteiger partial charge < -0.3 is 10.0 Å². The number of aromatic nitrogens is 3. The van der Waals surface area contributed by atoms with Crippen molar-refractivity contribution in [2.45, 2.75) is 31.8 Å². The molecule has 0 saturated heterocycles. The molecule has 7 nitrogen and oxygen atoms in total. The normalized spacial score (nSPS) is 15.3. The highest BCUT2D eigenvalue weighted by Crippen LogP contribution is 2.29. The fraction of sp³-hybridized carbons (Fsp3) is 0.333. The molecule has 1 saturated carbocycles. The van der Waals surface area contributed by atoms with Crippen LogP contribution in [0.3, 0.4) is 0 Å². The molecule has 2 aromatic rings. The number of carbonyl (C=O) groups excluding carboxylic acids is 1. The average Bonchev–Trinajstić information content (AvgIpc) is 3.23. The Morgan fingerprint density at radius 2 is 2.00 bits per heavy atom. The predicted octanol–water partition coefficient (Wildman–Crippen LogP) is 1.34. The molecule has 114 valence electrons. The fourth-order valence-corrected chi connectivity index (χ4v) is 2.31. The lowest BCUT2D eigenvalue weighted by Gasteiger charge is -2.24. The summed E-state index contributed by atoms with van der Waals surface area (Å²) in [6, 6.07) is 8.40. The van der Waals surface area contributed by atoms with E-state index in [0.717, 1.165) is 18.5 Å². The smallest absolute Gasteiger partial charge is 0.326 e. The van der Waals surface area contributed by atoms with Gasteiger partial charge in [0.25, 0.3) is 5.91 Å². The third kappa shape index (κ3) is 2.69. The molecule has 0 aliphatic heterocycles. The van der Waals surface area contributed by atoms with Gasteiger partial charge in [0.15, 0.2) is 0 Å². The number of benzene rings is 1. The van der Waals surface area contributed by atoms with Crippen molar-refractivity contribution in [3.8, 4) is 5.69 Å². The summed E-state index contributed by atoms with van der Waals surface area (Å²) in [5.74, 6) is -1.45. The van der Waals surface area contributed by atoms with Crippen molar-refractivity contribution in [1.82, 2.24) is 19.7 Å². The Hall–Kier alpha value is -2.70. The van der Waals surface area contributed by atoms with E-state index in [2.05, 4.69) is 10.1 Å². The van der Waals surface area contributed by atoms with Crippen LogP contribution in [0.5, 0.6) is 0 Å². The second-order valence-corrected chi connectivity index (χ2v) is 5.31. The topological polar surface area (TPSA) is 88.3 Å². The minimum absolute atomic E-state index is 0.0175. The zero-order valence-corrected chi connectivity index (χ0v) is 12.1. The number of carbonyl (C=O) groups is 2. The molecule has 1 aliphatic carbocycles. The highest BCUT2D eigenvalue weighted by atomic mass is 16.4. The molecule has 1 heterocycles. The van der Waals surface area contributed by atoms with Gasteiger partial charge in [-0.2, -0.15) is 0 Å². The van der Waals surface area contributed by atoms with Crippen molar-refractivity contribution in [1.29, 1.82) is 0 Å². The van der Waals surface area contributed by atoms with Crippen molar-refractivity contribution < 1.29 is 14.7 Å². The van der Waals surface area contributed by atoms with Crippen LogP contribution in [0.1, 0.15) is 30.4 Å². The van der Waals surface area contributed by atoms with Crippen LogP contribution in [0.25, 0.3) is 5.69 Å². The largest absolute Gasteiger partial charge is 0.480 e. The zero-order valence-electron chi connectivity index (χ0n) is 12.1. The lowest BCUT2D eigenvalue weighted by Crippen LogP contribution is -2.45. The first-order valence-electron chi connectivity index (χ1n) is 7.10. The minimum Gasteiger partial charge on any atom is -0.480 e. The van der Waals surface area contributed by atoms with E-state index in [1.165, 1.54) is 22.8 Å². The van der Waals surface area contributed by atoms with E-state index in [1.807, 2.05) is 30.3 Å². The van der Waals surface area contributed by atoms with Gasteiger partial charge in [0, 0.05) is 6.04 Å². The summed E-state index contributed by atoms with van der Waals surface area (Å²) in [4.78, 5) is 29.1. The molecule has 1 N–H and O–H groups in total. The number of hydrogen-bond acceptors (Lipinski definition) is 4. The van der Waals surface area contributed by atoms with E-state index >= 15 is 0 Å². The Labute approximate surface area is 127 Å². The predicted molar refractivity (Wildman–Crippen MR) is 77.6 cm³/mol.